The third kappa shape index (κ3) is 4.33. The van der Waals surface area contributed by atoms with E-state index in [1.807, 2.05) is 0 Å². The van der Waals surface area contributed by atoms with Crippen LogP contribution in [0.2, 0.25) is 0 Å². The van der Waals surface area contributed by atoms with Crippen molar-refractivity contribution < 1.29 is 12.8 Å². The first-order chi connectivity index (χ1) is 12.2. The van der Waals surface area contributed by atoms with Gasteiger partial charge in [-0.3, -0.25) is 9.71 Å². The molecule has 9 heteroatoms. The standard InChI is InChI=1S/C17H20BrFN4O2S/c1-11-9-23(10-12(2)21-11)14-5-13(7-20-8-14)22-26(24,25)15-3-4-16(18)17(19)6-15/h3-8,11-12,21-22H,9-10H2,1-2H3. The largest absolute Gasteiger partial charge is 0.367 e. The van der Waals surface area contributed by atoms with Gasteiger partial charge in [-0.15, -0.1) is 0 Å². The number of benzene rings is 1. The van der Waals surface area contributed by atoms with Crippen LogP contribution < -0.4 is 14.9 Å². The highest BCUT2D eigenvalue weighted by molar-refractivity contribution is 9.10. The first-order valence-electron chi connectivity index (χ1n) is 8.18. The van der Waals surface area contributed by atoms with Gasteiger partial charge in [-0.05, 0) is 54.0 Å². The van der Waals surface area contributed by atoms with E-state index >= 15 is 0 Å². The number of aromatic nitrogens is 1. The van der Waals surface area contributed by atoms with Gasteiger partial charge in [-0.1, -0.05) is 0 Å². The van der Waals surface area contributed by atoms with E-state index in [1.165, 1.54) is 18.3 Å². The highest BCUT2D eigenvalue weighted by Gasteiger charge is 2.22. The molecule has 6 nitrogen and oxygen atoms in total. The Hall–Kier alpha value is -1.71. The molecule has 0 amide bonds. The Balaban J connectivity index is 1.83. The second-order valence-corrected chi connectivity index (χ2v) is 9.02. The molecule has 0 bridgehead atoms. The molecule has 2 atom stereocenters. The van der Waals surface area contributed by atoms with Crippen molar-refractivity contribution in [3.8, 4) is 0 Å². The van der Waals surface area contributed by atoms with Crippen molar-refractivity contribution in [3.05, 3.63) is 46.9 Å². The van der Waals surface area contributed by atoms with E-state index in [9.17, 15) is 12.8 Å². The van der Waals surface area contributed by atoms with Crippen molar-refractivity contribution in [2.75, 3.05) is 22.7 Å². The topological polar surface area (TPSA) is 74.3 Å². The van der Waals surface area contributed by atoms with Gasteiger partial charge in [0.2, 0.25) is 0 Å². The highest BCUT2D eigenvalue weighted by atomic mass is 79.9. The molecule has 1 aliphatic heterocycles. The molecule has 1 saturated heterocycles. The highest BCUT2D eigenvalue weighted by Crippen LogP contribution is 2.24. The van der Waals surface area contributed by atoms with Crippen LogP contribution in [0.3, 0.4) is 0 Å². The van der Waals surface area contributed by atoms with Gasteiger partial charge in [-0.2, -0.15) is 0 Å². The summed E-state index contributed by atoms with van der Waals surface area (Å²) in [6.07, 6.45) is 3.15. The summed E-state index contributed by atoms with van der Waals surface area (Å²) in [5.41, 5.74) is 1.18. The van der Waals surface area contributed by atoms with Gasteiger partial charge in [0.05, 0.1) is 33.1 Å². The van der Waals surface area contributed by atoms with Crippen molar-refractivity contribution in [2.45, 2.75) is 30.8 Å². The molecule has 0 aliphatic carbocycles. The Morgan fingerprint density at radius 1 is 1.23 bits per heavy atom. The number of pyridine rings is 1. The number of sulfonamides is 1. The molecule has 2 N–H and O–H groups in total. The number of nitrogens with one attached hydrogen (secondary N) is 2. The zero-order chi connectivity index (χ0) is 18.9. The molecule has 140 valence electrons. The van der Waals surface area contributed by atoms with Gasteiger partial charge in [0.25, 0.3) is 10.0 Å². The van der Waals surface area contributed by atoms with Crippen molar-refractivity contribution in [1.29, 1.82) is 0 Å². The van der Waals surface area contributed by atoms with E-state index in [2.05, 4.69) is 49.7 Å². The third-order valence-electron chi connectivity index (χ3n) is 4.10. The number of hydrogen-bond donors (Lipinski definition) is 2. The molecular weight excluding hydrogens is 423 g/mol. The van der Waals surface area contributed by atoms with E-state index in [0.717, 1.165) is 24.8 Å². The summed E-state index contributed by atoms with van der Waals surface area (Å²) in [5, 5.41) is 3.45. The van der Waals surface area contributed by atoms with Crippen LogP contribution in [-0.2, 0) is 10.0 Å². The number of nitrogens with zero attached hydrogens (tertiary/aromatic N) is 2. The molecule has 0 saturated carbocycles. The van der Waals surface area contributed by atoms with Crippen LogP contribution >= 0.6 is 15.9 Å². The van der Waals surface area contributed by atoms with E-state index in [1.54, 1.807) is 12.3 Å². The molecule has 1 aromatic heterocycles. The predicted molar refractivity (Wildman–Crippen MR) is 103 cm³/mol. The maximum absolute atomic E-state index is 13.7. The quantitative estimate of drug-likeness (QED) is 0.760. The number of halogens is 2. The van der Waals surface area contributed by atoms with Crippen LogP contribution in [-0.4, -0.2) is 38.6 Å². The Kier molecular flexibility index (Phi) is 5.50. The minimum Gasteiger partial charge on any atom is -0.367 e. The van der Waals surface area contributed by atoms with Crippen LogP contribution in [0.25, 0.3) is 0 Å². The van der Waals surface area contributed by atoms with Gasteiger partial charge >= 0.3 is 0 Å². The second kappa shape index (κ2) is 7.50. The Morgan fingerprint density at radius 3 is 2.58 bits per heavy atom. The van der Waals surface area contributed by atoms with Crippen molar-refractivity contribution in [2.24, 2.45) is 0 Å². The molecular formula is C17H20BrFN4O2S. The molecule has 0 radical (unpaired) electrons. The summed E-state index contributed by atoms with van der Waals surface area (Å²) in [5.74, 6) is -0.636. The third-order valence-corrected chi connectivity index (χ3v) is 6.12. The molecule has 2 heterocycles. The Bertz CT molecular complexity index is 899. The lowest BCUT2D eigenvalue weighted by Gasteiger charge is -2.37. The van der Waals surface area contributed by atoms with Crippen LogP contribution in [0, 0.1) is 5.82 Å². The SMILES string of the molecule is CC1CN(c2cncc(NS(=O)(=O)c3ccc(Br)c(F)c3)c2)CC(C)N1. The van der Waals surface area contributed by atoms with Gasteiger partial charge < -0.3 is 10.2 Å². The van der Waals surface area contributed by atoms with E-state index in [0.29, 0.717) is 17.8 Å². The van der Waals surface area contributed by atoms with Gasteiger partial charge in [0, 0.05) is 25.2 Å². The average molecular weight is 443 g/mol. The van der Waals surface area contributed by atoms with Crippen LogP contribution in [0.4, 0.5) is 15.8 Å². The fourth-order valence-electron chi connectivity index (χ4n) is 3.05. The predicted octanol–water partition coefficient (Wildman–Crippen LogP) is 2.97. The Morgan fingerprint density at radius 2 is 1.92 bits per heavy atom. The number of rotatable bonds is 4. The lowest BCUT2D eigenvalue weighted by molar-refractivity contribution is 0.407. The van der Waals surface area contributed by atoms with Gasteiger partial charge in [0.15, 0.2) is 0 Å². The summed E-state index contributed by atoms with van der Waals surface area (Å²) in [4.78, 5) is 6.17. The minimum absolute atomic E-state index is 0.145. The minimum atomic E-state index is -3.90. The zero-order valence-corrected chi connectivity index (χ0v) is 16.8. The summed E-state index contributed by atoms with van der Waals surface area (Å²) >= 11 is 3.02. The van der Waals surface area contributed by atoms with Crippen molar-refractivity contribution >= 4 is 37.3 Å². The van der Waals surface area contributed by atoms with Crippen LogP contribution in [0.1, 0.15) is 13.8 Å². The first-order valence-corrected chi connectivity index (χ1v) is 10.5. The molecule has 1 aliphatic rings. The number of piperazine rings is 1. The summed E-state index contributed by atoms with van der Waals surface area (Å²) in [7, 11) is -3.90. The lowest BCUT2D eigenvalue weighted by atomic mass is 10.1. The molecule has 2 aromatic rings. The number of anilines is 2. The fraction of sp³-hybridized carbons (Fsp3) is 0.353. The number of hydrogen-bond acceptors (Lipinski definition) is 5. The normalized spacial score (nSPS) is 20.8. The molecule has 26 heavy (non-hydrogen) atoms. The molecule has 0 spiro atoms. The van der Waals surface area contributed by atoms with Gasteiger partial charge in [0.1, 0.15) is 5.82 Å². The monoisotopic (exact) mass is 442 g/mol. The zero-order valence-electron chi connectivity index (χ0n) is 14.4. The molecule has 2 unspecified atom stereocenters. The van der Waals surface area contributed by atoms with Crippen LogP contribution in [0.15, 0.2) is 46.0 Å². The van der Waals surface area contributed by atoms with Crippen molar-refractivity contribution in [1.82, 2.24) is 10.3 Å². The molecule has 1 fully saturated rings. The van der Waals surface area contributed by atoms with Crippen molar-refractivity contribution in [3.63, 3.8) is 0 Å². The summed E-state index contributed by atoms with van der Waals surface area (Å²) in [6.45, 7) is 5.82. The van der Waals surface area contributed by atoms with E-state index in [-0.39, 0.29) is 9.37 Å². The Labute approximate surface area is 161 Å². The first kappa shape index (κ1) is 19.1. The maximum atomic E-state index is 13.7. The average Bonchev–Trinajstić information content (AvgIpc) is 2.56. The van der Waals surface area contributed by atoms with Crippen LogP contribution in [0.5, 0.6) is 0 Å². The fourth-order valence-corrected chi connectivity index (χ4v) is 4.34. The smallest absolute Gasteiger partial charge is 0.262 e. The van der Waals surface area contributed by atoms with Gasteiger partial charge in [-0.25, -0.2) is 12.8 Å². The van der Waals surface area contributed by atoms with E-state index < -0.39 is 15.8 Å². The second-order valence-electron chi connectivity index (χ2n) is 6.49. The van der Waals surface area contributed by atoms with E-state index in [4.69, 9.17) is 0 Å². The summed E-state index contributed by atoms with van der Waals surface area (Å²) in [6, 6.07) is 6.07. The lowest BCUT2D eigenvalue weighted by Crippen LogP contribution is -2.54. The summed E-state index contributed by atoms with van der Waals surface area (Å²) < 4.78 is 41.4. The molecule has 1 aromatic carbocycles. The molecule has 3 rings (SSSR count). The maximum Gasteiger partial charge on any atom is 0.262 e.